The van der Waals surface area contributed by atoms with Crippen LogP contribution in [0.3, 0.4) is 0 Å². The Morgan fingerprint density at radius 3 is 2.75 bits per heavy atom. The molecule has 1 fully saturated rings. The average Bonchev–Trinajstić information content (AvgIpc) is 2.29. The van der Waals surface area contributed by atoms with Crippen molar-refractivity contribution >= 4 is 5.91 Å². The topological polar surface area (TPSA) is 46.3 Å². The van der Waals surface area contributed by atoms with E-state index in [0.717, 1.165) is 19.4 Å². The number of carbonyl (C=O) groups excluding carboxylic acids is 1. The molecule has 0 aliphatic carbocycles. The molecule has 0 saturated carbocycles. The van der Waals surface area contributed by atoms with Gasteiger partial charge in [-0.05, 0) is 38.1 Å². The number of hydrogen-bond acceptors (Lipinski definition) is 2. The monoisotopic (exact) mass is 226 g/mol. The lowest BCUT2D eigenvalue weighted by molar-refractivity contribution is -0.136. The summed E-state index contributed by atoms with van der Waals surface area (Å²) in [7, 11) is 0. The second kappa shape index (κ2) is 6.24. The van der Waals surface area contributed by atoms with Gasteiger partial charge in [0, 0.05) is 19.0 Å². The van der Waals surface area contributed by atoms with E-state index in [9.17, 15) is 4.79 Å². The van der Waals surface area contributed by atoms with E-state index in [-0.39, 0.29) is 0 Å². The van der Waals surface area contributed by atoms with Gasteiger partial charge < -0.3 is 10.6 Å². The van der Waals surface area contributed by atoms with Crippen LogP contribution in [0.2, 0.25) is 0 Å². The first-order valence-corrected chi connectivity index (χ1v) is 6.59. The number of nitrogens with two attached hydrogens (primary N) is 1. The fourth-order valence-electron chi connectivity index (χ4n) is 2.45. The molecular weight excluding hydrogens is 200 g/mol. The van der Waals surface area contributed by atoms with Crippen LogP contribution in [-0.4, -0.2) is 29.9 Å². The lowest BCUT2D eigenvalue weighted by atomic mass is 9.91. The Morgan fingerprint density at radius 1 is 1.50 bits per heavy atom. The van der Waals surface area contributed by atoms with E-state index in [1.54, 1.807) is 0 Å². The fourth-order valence-corrected chi connectivity index (χ4v) is 2.45. The van der Waals surface area contributed by atoms with Gasteiger partial charge in [0.25, 0.3) is 0 Å². The quantitative estimate of drug-likeness (QED) is 0.797. The summed E-state index contributed by atoms with van der Waals surface area (Å²) in [4.78, 5) is 14.2. The molecule has 16 heavy (non-hydrogen) atoms. The smallest absolute Gasteiger partial charge is 0.223 e. The zero-order chi connectivity index (χ0) is 12.1. The first kappa shape index (κ1) is 13.5. The predicted octanol–water partition coefficient (Wildman–Crippen LogP) is 2.01. The molecular formula is C13H26N2O. The van der Waals surface area contributed by atoms with Crippen molar-refractivity contribution in [3.8, 4) is 0 Å². The molecule has 94 valence electrons. The number of amides is 1. The van der Waals surface area contributed by atoms with E-state index < -0.39 is 0 Å². The van der Waals surface area contributed by atoms with Gasteiger partial charge in [-0.2, -0.15) is 0 Å². The average molecular weight is 226 g/mol. The van der Waals surface area contributed by atoms with E-state index in [1.165, 1.54) is 6.42 Å². The van der Waals surface area contributed by atoms with Crippen molar-refractivity contribution in [1.29, 1.82) is 0 Å². The Bertz CT molecular complexity index is 226. The minimum atomic E-state index is 0.302. The van der Waals surface area contributed by atoms with Crippen molar-refractivity contribution in [2.45, 2.75) is 52.5 Å². The van der Waals surface area contributed by atoms with Gasteiger partial charge in [0.2, 0.25) is 5.91 Å². The standard InChI is InChI=1S/C13H26N2O/c1-4-12(9-14)8-13(16)15-7-5-6-10(2)11(15)3/h10-12H,4-9,14H2,1-3H3. The van der Waals surface area contributed by atoms with E-state index in [1.807, 2.05) is 0 Å². The summed E-state index contributed by atoms with van der Waals surface area (Å²) in [6.07, 6.45) is 4.03. The van der Waals surface area contributed by atoms with Crippen molar-refractivity contribution in [1.82, 2.24) is 4.90 Å². The maximum absolute atomic E-state index is 12.2. The van der Waals surface area contributed by atoms with Crippen LogP contribution in [0, 0.1) is 11.8 Å². The van der Waals surface area contributed by atoms with Gasteiger partial charge >= 0.3 is 0 Å². The molecule has 0 aromatic heterocycles. The third kappa shape index (κ3) is 3.21. The molecule has 1 aliphatic rings. The van der Waals surface area contributed by atoms with Crippen LogP contribution in [0.15, 0.2) is 0 Å². The third-order valence-corrected chi connectivity index (χ3v) is 4.07. The first-order chi connectivity index (χ1) is 7.60. The SMILES string of the molecule is CCC(CN)CC(=O)N1CCCC(C)C1C. The molecule has 3 unspecified atom stereocenters. The Hall–Kier alpha value is -0.570. The third-order valence-electron chi connectivity index (χ3n) is 4.07. The van der Waals surface area contributed by atoms with E-state index in [0.29, 0.717) is 36.8 Å². The summed E-state index contributed by atoms with van der Waals surface area (Å²) in [6.45, 7) is 8.08. The summed E-state index contributed by atoms with van der Waals surface area (Å²) in [5.74, 6) is 1.30. The Balaban J connectivity index is 2.52. The highest BCUT2D eigenvalue weighted by molar-refractivity contribution is 5.76. The molecule has 1 aliphatic heterocycles. The van der Waals surface area contributed by atoms with Gasteiger partial charge in [-0.25, -0.2) is 0 Å². The molecule has 1 rings (SSSR count). The highest BCUT2D eigenvalue weighted by atomic mass is 16.2. The van der Waals surface area contributed by atoms with Crippen LogP contribution in [-0.2, 0) is 4.79 Å². The van der Waals surface area contributed by atoms with Crippen molar-refractivity contribution in [2.75, 3.05) is 13.1 Å². The van der Waals surface area contributed by atoms with Gasteiger partial charge in [0.1, 0.15) is 0 Å². The summed E-state index contributed by atoms with van der Waals surface area (Å²) < 4.78 is 0. The lowest BCUT2D eigenvalue weighted by Crippen LogP contribution is -2.46. The highest BCUT2D eigenvalue weighted by Crippen LogP contribution is 2.24. The summed E-state index contributed by atoms with van der Waals surface area (Å²) in [5.41, 5.74) is 5.65. The molecule has 2 N–H and O–H groups in total. The van der Waals surface area contributed by atoms with Crippen molar-refractivity contribution in [3.63, 3.8) is 0 Å². The first-order valence-electron chi connectivity index (χ1n) is 6.59. The summed E-state index contributed by atoms with van der Waals surface area (Å²) in [6, 6.07) is 0.400. The summed E-state index contributed by atoms with van der Waals surface area (Å²) >= 11 is 0. The number of nitrogens with zero attached hydrogens (tertiary/aromatic N) is 1. The van der Waals surface area contributed by atoms with Gasteiger partial charge in [-0.3, -0.25) is 4.79 Å². The lowest BCUT2D eigenvalue weighted by Gasteiger charge is -2.38. The van der Waals surface area contributed by atoms with Crippen molar-refractivity contribution in [3.05, 3.63) is 0 Å². The molecule has 0 bridgehead atoms. The van der Waals surface area contributed by atoms with Gasteiger partial charge in [0.15, 0.2) is 0 Å². The van der Waals surface area contributed by atoms with E-state index in [4.69, 9.17) is 5.73 Å². The Kier molecular flexibility index (Phi) is 5.26. The molecule has 0 spiro atoms. The molecule has 1 heterocycles. The molecule has 0 radical (unpaired) electrons. The zero-order valence-corrected chi connectivity index (χ0v) is 10.9. The number of carbonyl (C=O) groups is 1. The van der Waals surface area contributed by atoms with Crippen LogP contribution in [0.4, 0.5) is 0 Å². The number of rotatable bonds is 4. The minimum Gasteiger partial charge on any atom is -0.340 e. The molecule has 0 aromatic carbocycles. The molecule has 1 amide bonds. The molecule has 3 heteroatoms. The normalized spacial score (nSPS) is 27.9. The van der Waals surface area contributed by atoms with Crippen LogP contribution in [0.5, 0.6) is 0 Å². The predicted molar refractivity (Wildman–Crippen MR) is 67.0 cm³/mol. The number of hydrogen-bond donors (Lipinski definition) is 1. The largest absolute Gasteiger partial charge is 0.340 e. The molecule has 3 atom stereocenters. The molecule has 0 aromatic rings. The Labute approximate surface area is 99.4 Å². The second-order valence-electron chi connectivity index (χ2n) is 5.16. The maximum atomic E-state index is 12.2. The highest BCUT2D eigenvalue weighted by Gasteiger charge is 2.28. The minimum absolute atomic E-state index is 0.302. The van der Waals surface area contributed by atoms with Gasteiger partial charge in [0.05, 0.1) is 0 Å². The van der Waals surface area contributed by atoms with Crippen LogP contribution >= 0.6 is 0 Å². The number of likely N-dealkylation sites (tertiary alicyclic amines) is 1. The van der Waals surface area contributed by atoms with E-state index in [2.05, 4.69) is 25.7 Å². The van der Waals surface area contributed by atoms with Crippen LogP contribution in [0.25, 0.3) is 0 Å². The molecule has 1 saturated heterocycles. The van der Waals surface area contributed by atoms with Crippen LogP contribution in [0.1, 0.15) is 46.5 Å². The molecule has 3 nitrogen and oxygen atoms in total. The van der Waals surface area contributed by atoms with Crippen LogP contribution < -0.4 is 5.73 Å². The van der Waals surface area contributed by atoms with Crippen molar-refractivity contribution in [2.24, 2.45) is 17.6 Å². The van der Waals surface area contributed by atoms with Gasteiger partial charge in [-0.1, -0.05) is 20.3 Å². The van der Waals surface area contributed by atoms with Crippen molar-refractivity contribution < 1.29 is 4.79 Å². The fraction of sp³-hybridized carbons (Fsp3) is 0.923. The second-order valence-corrected chi connectivity index (χ2v) is 5.16. The van der Waals surface area contributed by atoms with E-state index >= 15 is 0 Å². The maximum Gasteiger partial charge on any atom is 0.223 e. The Morgan fingerprint density at radius 2 is 2.19 bits per heavy atom. The summed E-state index contributed by atoms with van der Waals surface area (Å²) in [5, 5.41) is 0. The zero-order valence-electron chi connectivity index (χ0n) is 10.9. The van der Waals surface area contributed by atoms with Gasteiger partial charge in [-0.15, -0.1) is 0 Å². The number of piperidine rings is 1.